The van der Waals surface area contributed by atoms with Gasteiger partial charge in [0.25, 0.3) is 0 Å². The average Bonchev–Trinajstić information content (AvgIpc) is 2.19. The van der Waals surface area contributed by atoms with Gasteiger partial charge in [-0.1, -0.05) is 11.6 Å². The molecule has 0 unspecified atom stereocenters. The normalized spacial score (nSPS) is 10.6. The van der Waals surface area contributed by atoms with Crippen molar-refractivity contribution in [1.29, 1.82) is 0 Å². The SMILES string of the molecule is CCOc1ccc2nc(Cl)nc(Cl)c2c1. The van der Waals surface area contributed by atoms with Gasteiger partial charge in [0.1, 0.15) is 10.9 Å². The molecule has 5 heteroatoms. The molecule has 0 radical (unpaired) electrons. The molecule has 0 N–H and O–H groups in total. The zero-order valence-corrected chi connectivity index (χ0v) is 9.51. The lowest BCUT2D eigenvalue weighted by atomic mass is 10.2. The van der Waals surface area contributed by atoms with Crippen LogP contribution in [0.2, 0.25) is 10.4 Å². The summed E-state index contributed by atoms with van der Waals surface area (Å²) in [5.41, 5.74) is 0.712. The van der Waals surface area contributed by atoms with Gasteiger partial charge in [0, 0.05) is 5.39 Å². The fourth-order valence-corrected chi connectivity index (χ4v) is 1.75. The Bertz CT molecular complexity index is 502. The molecule has 78 valence electrons. The summed E-state index contributed by atoms with van der Waals surface area (Å²) < 4.78 is 5.35. The first-order valence-electron chi connectivity index (χ1n) is 4.46. The molecule has 0 atom stereocenters. The van der Waals surface area contributed by atoms with E-state index in [-0.39, 0.29) is 5.28 Å². The molecule has 2 rings (SSSR count). The van der Waals surface area contributed by atoms with E-state index < -0.39 is 0 Å². The number of benzene rings is 1. The summed E-state index contributed by atoms with van der Waals surface area (Å²) in [5, 5.41) is 1.23. The maximum atomic E-state index is 5.94. The summed E-state index contributed by atoms with van der Waals surface area (Å²) in [4.78, 5) is 7.92. The van der Waals surface area contributed by atoms with Gasteiger partial charge >= 0.3 is 0 Å². The Morgan fingerprint density at radius 3 is 2.80 bits per heavy atom. The highest BCUT2D eigenvalue weighted by Crippen LogP contribution is 2.25. The number of hydrogen-bond donors (Lipinski definition) is 0. The number of nitrogens with zero attached hydrogens (tertiary/aromatic N) is 2. The first kappa shape index (κ1) is 10.5. The third-order valence-electron chi connectivity index (χ3n) is 1.90. The number of halogens is 2. The number of ether oxygens (including phenoxy) is 1. The Balaban J connectivity index is 2.60. The molecule has 0 saturated heterocycles. The van der Waals surface area contributed by atoms with Crippen molar-refractivity contribution in [2.45, 2.75) is 6.92 Å². The Morgan fingerprint density at radius 2 is 2.07 bits per heavy atom. The van der Waals surface area contributed by atoms with Crippen molar-refractivity contribution in [2.75, 3.05) is 6.61 Å². The molecule has 1 aromatic heterocycles. The molecule has 3 nitrogen and oxygen atoms in total. The molecule has 0 aliphatic heterocycles. The third kappa shape index (κ3) is 2.13. The molecule has 0 amide bonds. The van der Waals surface area contributed by atoms with Gasteiger partial charge in [-0.2, -0.15) is 0 Å². The largest absolute Gasteiger partial charge is 0.494 e. The lowest BCUT2D eigenvalue weighted by Gasteiger charge is -2.05. The van der Waals surface area contributed by atoms with Crippen LogP contribution in [0.1, 0.15) is 6.92 Å². The van der Waals surface area contributed by atoms with Crippen LogP contribution in [-0.4, -0.2) is 16.6 Å². The summed E-state index contributed by atoms with van der Waals surface area (Å²) in [6, 6.07) is 5.43. The highest BCUT2D eigenvalue weighted by Gasteiger charge is 2.05. The van der Waals surface area contributed by atoms with Gasteiger partial charge < -0.3 is 4.74 Å². The lowest BCUT2D eigenvalue weighted by Crippen LogP contribution is -1.92. The molecule has 0 aliphatic carbocycles. The Morgan fingerprint density at radius 1 is 1.27 bits per heavy atom. The van der Waals surface area contributed by atoms with Crippen LogP contribution in [0.4, 0.5) is 0 Å². The zero-order chi connectivity index (χ0) is 10.8. The van der Waals surface area contributed by atoms with Crippen molar-refractivity contribution in [3.8, 4) is 5.75 Å². The van der Waals surface area contributed by atoms with E-state index in [9.17, 15) is 0 Å². The monoisotopic (exact) mass is 242 g/mol. The highest BCUT2D eigenvalue weighted by molar-refractivity contribution is 6.35. The van der Waals surface area contributed by atoms with E-state index in [0.29, 0.717) is 17.3 Å². The van der Waals surface area contributed by atoms with Crippen molar-refractivity contribution in [1.82, 2.24) is 9.97 Å². The van der Waals surface area contributed by atoms with Gasteiger partial charge in [0.15, 0.2) is 0 Å². The van der Waals surface area contributed by atoms with Gasteiger partial charge in [-0.25, -0.2) is 9.97 Å². The molecule has 0 spiro atoms. The van der Waals surface area contributed by atoms with Gasteiger partial charge in [-0.05, 0) is 36.7 Å². The summed E-state index contributed by atoms with van der Waals surface area (Å²) in [6.07, 6.45) is 0. The van der Waals surface area contributed by atoms with Crippen LogP contribution in [0.25, 0.3) is 10.9 Å². The quantitative estimate of drug-likeness (QED) is 0.599. The zero-order valence-electron chi connectivity index (χ0n) is 8.00. The molecule has 0 bridgehead atoms. The number of hydrogen-bond acceptors (Lipinski definition) is 3. The van der Waals surface area contributed by atoms with E-state index in [4.69, 9.17) is 27.9 Å². The molecule has 0 saturated carbocycles. The van der Waals surface area contributed by atoms with Crippen molar-refractivity contribution in [3.63, 3.8) is 0 Å². The molecular weight excluding hydrogens is 235 g/mol. The standard InChI is InChI=1S/C10H8Cl2N2O/c1-2-15-6-3-4-8-7(5-6)9(11)14-10(12)13-8/h3-5H,2H2,1H3. The predicted molar refractivity (Wildman–Crippen MR) is 60.7 cm³/mol. The second-order valence-electron chi connectivity index (χ2n) is 2.90. The topological polar surface area (TPSA) is 35.0 Å². The average molecular weight is 243 g/mol. The summed E-state index contributed by atoms with van der Waals surface area (Å²) in [7, 11) is 0. The number of fused-ring (bicyclic) bond motifs is 1. The van der Waals surface area contributed by atoms with Crippen molar-refractivity contribution >= 4 is 34.1 Å². The van der Waals surface area contributed by atoms with E-state index in [1.807, 2.05) is 13.0 Å². The minimum Gasteiger partial charge on any atom is -0.494 e. The summed E-state index contributed by atoms with van der Waals surface area (Å²) in [6.45, 7) is 2.53. The van der Waals surface area contributed by atoms with E-state index in [1.54, 1.807) is 12.1 Å². The number of aromatic nitrogens is 2. The van der Waals surface area contributed by atoms with Crippen molar-refractivity contribution < 1.29 is 4.74 Å². The minimum atomic E-state index is 0.150. The van der Waals surface area contributed by atoms with E-state index in [1.165, 1.54) is 0 Å². The summed E-state index contributed by atoms with van der Waals surface area (Å²) >= 11 is 11.6. The lowest BCUT2D eigenvalue weighted by molar-refractivity contribution is 0.340. The van der Waals surface area contributed by atoms with Gasteiger partial charge in [-0.3, -0.25) is 0 Å². The molecular formula is C10H8Cl2N2O. The number of rotatable bonds is 2. The van der Waals surface area contributed by atoms with E-state index in [2.05, 4.69) is 9.97 Å². The maximum absolute atomic E-state index is 5.94. The summed E-state index contributed by atoms with van der Waals surface area (Å²) in [5.74, 6) is 0.748. The van der Waals surface area contributed by atoms with Crippen LogP contribution in [0.15, 0.2) is 18.2 Å². The Kier molecular flexibility index (Phi) is 2.93. The fraction of sp³-hybridized carbons (Fsp3) is 0.200. The van der Waals surface area contributed by atoms with E-state index in [0.717, 1.165) is 11.1 Å². The first-order valence-corrected chi connectivity index (χ1v) is 5.22. The highest BCUT2D eigenvalue weighted by atomic mass is 35.5. The van der Waals surface area contributed by atoms with Crippen LogP contribution in [-0.2, 0) is 0 Å². The van der Waals surface area contributed by atoms with Crippen LogP contribution in [0.5, 0.6) is 5.75 Å². The Hall–Kier alpha value is -1.06. The predicted octanol–water partition coefficient (Wildman–Crippen LogP) is 3.34. The van der Waals surface area contributed by atoms with Gasteiger partial charge in [0.2, 0.25) is 5.28 Å². The molecule has 1 heterocycles. The van der Waals surface area contributed by atoms with Crippen molar-refractivity contribution in [3.05, 3.63) is 28.6 Å². The molecule has 1 aromatic carbocycles. The van der Waals surface area contributed by atoms with Gasteiger partial charge in [0.05, 0.1) is 12.1 Å². The maximum Gasteiger partial charge on any atom is 0.224 e. The van der Waals surface area contributed by atoms with Crippen LogP contribution in [0.3, 0.4) is 0 Å². The second kappa shape index (κ2) is 4.21. The van der Waals surface area contributed by atoms with Gasteiger partial charge in [-0.15, -0.1) is 0 Å². The first-order chi connectivity index (χ1) is 7.20. The molecule has 0 aliphatic rings. The smallest absolute Gasteiger partial charge is 0.224 e. The minimum absolute atomic E-state index is 0.150. The Labute approximate surface area is 97.0 Å². The van der Waals surface area contributed by atoms with Crippen LogP contribution < -0.4 is 4.74 Å². The van der Waals surface area contributed by atoms with Crippen LogP contribution >= 0.6 is 23.2 Å². The van der Waals surface area contributed by atoms with Crippen LogP contribution in [0, 0.1) is 0 Å². The van der Waals surface area contributed by atoms with E-state index >= 15 is 0 Å². The molecule has 15 heavy (non-hydrogen) atoms. The third-order valence-corrected chi connectivity index (χ3v) is 2.36. The second-order valence-corrected chi connectivity index (χ2v) is 3.59. The fourth-order valence-electron chi connectivity index (χ4n) is 1.30. The molecule has 2 aromatic rings. The molecule has 0 fully saturated rings. The van der Waals surface area contributed by atoms with Crippen molar-refractivity contribution in [2.24, 2.45) is 0 Å².